The van der Waals surface area contributed by atoms with Crippen molar-refractivity contribution in [2.45, 2.75) is 38.1 Å². The molecule has 2 saturated heterocycles. The van der Waals surface area contributed by atoms with Gasteiger partial charge in [-0.05, 0) is 18.8 Å². The van der Waals surface area contributed by atoms with E-state index in [0.717, 1.165) is 0 Å². The van der Waals surface area contributed by atoms with Crippen LogP contribution >= 0.6 is 0 Å². The first-order valence-corrected chi connectivity index (χ1v) is 6.95. The van der Waals surface area contributed by atoms with Crippen molar-refractivity contribution < 1.29 is 24.3 Å². The summed E-state index contributed by atoms with van der Waals surface area (Å²) in [6, 6.07) is -0.491. The smallest absolute Gasteiger partial charge is 0.322 e. The Hall–Kier alpha value is -2.12. The lowest BCUT2D eigenvalue weighted by Crippen LogP contribution is -2.55. The van der Waals surface area contributed by atoms with Crippen LogP contribution in [0.1, 0.15) is 32.6 Å². The summed E-state index contributed by atoms with van der Waals surface area (Å²) in [7, 11) is 0. The van der Waals surface area contributed by atoms with E-state index in [0.29, 0.717) is 25.9 Å². The van der Waals surface area contributed by atoms with Crippen LogP contribution in [0.3, 0.4) is 0 Å². The maximum Gasteiger partial charge on any atom is 0.322 e. The maximum absolute atomic E-state index is 12.1. The second kappa shape index (κ2) is 5.71. The highest BCUT2D eigenvalue weighted by Gasteiger charge is 2.48. The summed E-state index contributed by atoms with van der Waals surface area (Å²) in [5.74, 6) is -1.58. The molecule has 2 heterocycles. The molecule has 21 heavy (non-hydrogen) atoms. The van der Waals surface area contributed by atoms with E-state index in [4.69, 9.17) is 5.11 Å². The molecule has 8 heteroatoms. The van der Waals surface area contributed by atoms with Crippen LogP contribution in [0.15, 0.2) is 0 Å². The van der Waals surface area contributed by atoms with Crippen molar-refractivity contribution in [2.24, 2.45) is 5.92 Å². The highest BCUT2D eigenvalue weighted by molar-refractivity contribution is 6.07. The average molecular weight is 297 g/mol. The lowest BCUT2D eigenvalue weighted by molar-refractivity contribution is -0.139. The van der Waals surface area contributed by atoms with Gasteiger partial charge in [0, 0.05) is 25.9 Å². The van der Waals surface area contributed by atoms with Crippen molar-refractivity contribution in [1.82, 2.24) is 15.5 Å². The zero-order valence-electron chi connectivity index (χ0n) is 11.8. The largest absolute Gasteiger partial charge is 0.481 e. The predicted molar refractivity (Wildman–Crippen MR) is 71.3 cm³/mol. The van der Waals surface area contributed by atoms with Gasteiger partial charge < -0.3 is 15.3 Å². The molecule has 2 aliphatic rings. The van der Waals surface area contributed by atoms with Gasteiger partial charge in [0.25, 0.3) is 5.91 Å². The van der Waals surface area contributed by atoms with Crippen LogP contribution in [0.25, 0.3) is 0 Å². The van der Waals surface area contributed by atoms with E-state index in [1.807, 2.05) is 0 Å². The van der Waals surface area contributed by atoms with Gasteiger partial charge in [0.1, 0.15) is 5.54 Å². The number of hydrogen-bond acceptors (Lipinski definition) is 4. The molecule has 1 spiro atoms. The molecule has 0 aliphatic carbocycles. The van der Waals surface area contributed by atoms with Crippen LogP contribution in [-0.2, 0) is 14.4 Å². The Kier molecular flexibility index (Phi) is 4.15. The topological polar surface area (TPSA) is 116 Å². The van der Waals surface area contributed by atoms with Gasteiger partial charge in [-0.2, -0.15) is 0 Å². The van der Waals surface area contributed by atoms with E-state index in [1.54, 1.807) is 11.8 Å². The average Bonchev–Trinajstić information content (AvgIpc) is 2.63. The first-order chi connectivity index (χ1) is 9.82. The predicted octanol–water partition coefficient (Wildman–Crippen LogP) is -0.312. The molecule has 1 atom stereocenters. The van der Waals surface area contributed by atoms with Crippen molar-refractivity contribution >= 4 is 23.8 Å². The zero-order valence-corrected chi connectivity index (χ0v) is 11.8. The van der Waals surface area contributed by atoms with E-state index >= 15 is 0 Å². The molecular weight excluding hydrogens is 278 g/mol. The number of carbonyl (C=O) groups excluding carboxylic acids is 3. The molecule has 0 aromatic carbocycles. The summed E-state index contributed by atoms with van der Waals surface area (Å²) in [6.07, 6.45) is 0.896. The third-order valence-corrected chi connectivity index (χ3v) is 4.03. The number of carboxylic acids is 1. The number of nitrogens with one attached hydrogen (secondary N) is 2. The van der Waals surface area contributed by atoms with Gasteiger partial charge in [0.2, 0.25) is 5.91 Å². The Bertz CT molecular complexity index is 482. The van der Waals surface area contributed by atoms with E-state index in [2.05, 4.69) is 10.6 Å². The van der Waals surface area contributed by atoms with Gasteiger partial charge >= 0.3 is 12.0 Å². The summed E-state index contributed by atoms with van der Waals surface area (Å²) in [5, 5.41) is 13.5. The second-order valence-corrected chi connectivity index (χ2v) is 5.78. The van der Waals surface area contributed by atoms with Crippen molar-refractivity contribution in [3.63, 3.8) is 0 Å². The quantitative estimate of drug-likeness (QED) is 0.615. The number of hydrogen-bond donors (Lipinski definition) is 3. The van der Waals surface area contributed by atoms with Crippen LogP contribution in [0.5, 0.6) is 0 Å². The van der Waals surface area contributed by atoms with E-state index < -0.39 is 17.5 Å². The molecule has 0 aromatic heterocycles. The number of urea groups is 1. The van der Waals surface area contributed by atoms with Crippen LogP contribution in [0, 0.1) is 5.92 Å². The second-order valence-electron chi connectivity index (χ2n) is 5.78. The lowest BCUT2D eigenvalue weighted by atomic mass is 9.87. The number of piperidine rings is 1. The van der Waals surface area contributed by atoms with Gasteiger partial charge in [-0.25, -0.2) is 4.79 Å². The van der Waals surface area contributed by atoms with Crippen molar-refractivity contribution in [3.05, 3.63) is 0 Å². The number of nitrogens with zero attached hydrogens (tertiary/aromatic N) is 1. The van der Waals surface area contributed by atoms with Crippen LogP contribution in [0.4, 0.5) is 4.79 Å². The number of imide groups is 1. The summed E-state index contributed by atoms with van der Waals surface area (Å²) in [4.78, 5) is 47.3. The van der Waals surface area contributed by atoms with Crippen LogP contribution < -0.4 is 10.6 Å². The molecule has 2 fully saturated rings. The summed E-state index contributed by atoms with van der Waals surface area (Å²) in [5.41, 5.74) is -0.888. The summed E-state index contributed by atoms with van der Waals surface area (Å²) < 4.78 is 0. The lowest BCUT2D eigenvalue weighted by Gasteiger charge is -2.37. The minimum Gasteiger partial charge on any atom is -0.481 e. The Morgan fingerprint density at radius 2 is 1.90 bits per heavy atom. The molecule has 8 nitrogen and oxygen atoms in total. The fraction of sp³-hybridized carbons (Fsp3) is 0.692. The van der Waals surface area contributed by atoms with E-state index in [9.17, 15) is 19.2 Å². The SMILES string of the molecule is CC(CC(=O)O)CC(=O)N1CCC2(CC1)NC(=O)NC2=O. The molecular formula is C13H19N3O5. The normalized spacial score (nSPS) is 21.9. The summed E-state index contributed by atoms with van der Waals surface area (Å²) in [6.45, 7) is 2.49. The third-order valence-electron chi connectivity index (χ3n) is 4.03. The van der Waals surface area contributed by atoms with Gasteiger partial charge in [-0.1, -0.05) is 6.92 Å². The first-order valence-electron chi connectivity index (χ1n) is 6.95. The molecule has 0 bridgehead atoms. The number of likely N-dealkylation sites (tertiary alicyclic amines) is 1. The molecule has 2 rings (SSSR count). The van der Waals surface area contributed by atoms with Gasteiger partial charge in [0.05, 0.1) is 0 Å². The molecule has 116 valence electrons. The highest BCUT2D eigenvalue weighted by atomic mass is 16.4. The third kappa shape index (κ3) is 3.32. The van der Waals surface area contributed by atoms with Gasteiger partial charge in [-0.15, -0.1) is 0 Å². The van der Waals surface area contributed by atoms with Gasteiger partial charge in [-0.3, -0.25) is 19.7 Å². The zero-order chi connectivity index (χ0) is 15.6. The number of aliphatic carboxylic acids is 1. The monoisotopic (exact) mass is 297 g/mol. The van der Waals surface area contributed by atoms with Crippen molar-refractivity contribution in [2.75, 3.05) is 13.1 Å². The Labute approximate surface area is 121 Å². The number of rotatable bonds is 4. The number of carbonyl (C=O) groups is 4. The molecule has 3 N–H and O–H groups in total. The molecule has 0 aromatic rings. The Morgan fingerprint density at radius 3 is 2.38 bits per heavy atom. The highest BCUT2D eigenvalue weighted by Crippen LogP contribution is 2.26. The first kappa shape index (κ1) is 15.3. The minimum absolute atomic E-state index is 0.0397. The van der Waals surface area contributed by atoms with Crippen molar-refractivity contribution in [3.8, 4) is 0 Å². The fourth-order valence-electron chi connectivity index (χ4n) is 2.82. The minimum atomic E-state index is -0.918. The number of carboxylic acid groups (broad SMARTS) is 1. The molecule has 0 saturated carbocycles. The van der Waals surface area contributed by atoms with Crippen LogP contribution in [0.2, 0.25) is 0 Å². The fourth-order valence-corrected chi connectivity index (χ4v) is 2.82. The Balaban J connectivity index is 1.86. The molecule has 0 radical (unpaired) electrons. The molecule has 1 unspecified atom stereocenters. The van der Waals surface area contributed by atoms with Gasteiger partial charge in [0.15, 0.2) is 0 Å². The van der Waals surface area contributed by atoms with Crippen LogP contribution in [-0.4, -0.2) is 52.4 Å². The maximum atomic E-state index is 12.1. The Morgan fingerprint density at radius 1 is 1.29 bits per heavy atom. The van der Waals surface area contributed by atoms with Crippen molar-refractivity contribution in [1.29, 1.82) is 0 Å². The van der Waals surface area contributed by atoms with E-state index in [1.165, 1.54) is 0 Å². The standard InChI is InChI=1S/C13H19N3O5/c1-8(7-10(18)19)6-9(17)16-4-2-13(3-5-16)11(20)14-12(21)15-13/h8H,2-7H2,1H3,(H,18,19)(H2,14,15,20,21). The van der Waals surface area contributed by atoms with E-state index in [-0.39, 0.29) is 30.6 Å². The summed E-state index contributed by atoms with van der Waals surface area (Å²) >= 11 is 0. The molecule has 2 aliphatic heterocycles. The number of amides is 4. The molecule has 4 amide bonds.